The molecule has 2 N–H and O–H groups in total. The van der Waals surface area contributed by atoms with Crippen LogP contribution < -0.4 is 10.0 Å². The maximum Gasteiger partial charge on any atom is 0.241 e. The highest BCUT2D eigenvalue weighted by molar-refractivity contribution is 7.89. The van der Waals surface area contributed by atoms with Gasteiger partial charge in [-0.15, -0.1) is 5.10 Å². The number of rotatable bonds is 7. The van der Waals surface area contributed by atoms with E-state index in [1.165, 1.54) is 12.1 Å². The predicted molar refractivity (Wildman–Crippen MR) is 96.9 cm³/mol. The number of carbonyl (C=O) groups excluding carboxylic acids is 1. The quantitative estimate of drug-likeness (QED) is 0.638. The summed E-state index contributed by atoms with van der Waals surface area (Å²) in [6.07, 6.45) is 0. The number of sulfonamides is 1. The van der Waals surface area contributed by atoms with Crippen LogP contribution in [-0.2, 0) is 21.4 Å². The molecule has 9 heteroatoms. The smallest absolute Gasteiger partial charge is 0.241 e. The first kappa shape index (κ1) is 18.0. The van der Waals surface area contributed by atoms with Gasteiger partial charge in [-0.25, -0.2) is 17.8 Å². The van der Waals surface area contributed by atoms with Crippen molar-refractivity contribution < 1.29 is 13.2 Å². The Labute approximate surface area is 151 Å². The van der Waals surface area contributed by atoms with Crippen molar-refractivity contribution >= 4 is 27.0 Å². The Bertz CT molecular complexity index is 1010. The van der Waals surface area contributed by atoms with Crippen molar-refractivity contribution in [3.8, 4) is 0 Å². The summed E-state index contributed by atoms with van der Waals surface area (Å²) in [4.78, 5) is 12.0. The molecule has 3 aromatic rings. The van der Waals surface area contributed by atoms with Crippen molar-refractivity contribution in [3.05, 3.63) is 54.1 Å². The molecule has 0 saturated heterocycles. The third-order valence-electron chi connectivity index (χ3n) is 3.82. The van der Waals surface area contributed by atoms with Crippen LogP contribution in [0.5, 0.6) is 0 Å². The molecular weight excluding hydrogens is 354 g/mol. The SMILES string of the molecule is Cc1ccc(S(=O)(=O)NCC(=O)NCCn2nnc3ccccc32)cc1. The molecule has 8 nitrogen and oxygen atoms in total. The molecule has 0 fully saturated rings. The molecule has 26 heavy (non-hydrogen) atoms. The second-order valence-corrected chi connectivity index (χ2v) is 7.56. The fourth-order valence-corrected chi connectivity index (χ4v) is 3.39. The number of nitrogens with one attached hydrogen (secondary N) is 2. The molecule has 0 aliphatic carbocycles. The van der Waals surface area contributed by atoms with Gasteiger partial charge in [-0.3, -0.25) is 4.79 Å². The molecule has 1 aromatic heterocycles. The van der Waals surface area contributed by atoms with Gasteiger partial charge in [0.2, 0.25) is 15.9 Å². The molecule has 0 aliphatic heterocycles. The fraction of sp³-hybridized carbons (Fsp3) is 0.235. The average molecular weight is 373 g/mol. The van der Waals surface area contributed by atoms with Crippen LogP contribution >= 0.6 is 0 Å². The minimum absolute atomic E-state index is 0.130. The Morgan fingerprint density at radius 2 is 1.85 bits per heavy atom. The topological polar surface area (TPSA) is 106 Å². The summed E-state index contributed by atoms with van der Waals surface area (Å²) in [6, 6.07) is 13.9. The maximum absolute atomic E-state index is 12.1. The molecule has 0 atom stereocenters. The number of carbonyl (C=O) groups is 1. The number of aromatic nitrogens is 3. The van der Waals surface area contributed by atoms with E-state index in [1.807, 2.05) is 31.2 Å². The van der Waals surface area contributed by atoms with Crippen molar-refractivity contribution in [3.63, 3.8) is 0 Å². The number of amides is 1. The number of para-hydroxylation sites is 1. The standard InChI is InChI=1S/C17H19N5O3S/c1-13-6-8-14(9-7-13)26(24,25)19-12-17(23)18-10-11-22-16-5-3-2-4-15(16)20-21-22/h2-9,19H,10-12H2,1H3,(H,18,23). The third kappa shape index (κ3) is 4.24. The summed E-state index contributed by atoms with van der Waals surface area (Å²) >= 11 is 0. The van der Waals surface area contributed by atoms with Crippen molar-refractivity contribution in [2.45, 2.75) is 18.4 Å². The molecule has 0 spiro atoms. The summed E-state index contributed by atoms with van der Waals surface area (Å²) in [6.45, 7) is 2.30. The van der Waals surface area contributed by atoms with Crippen LogP contribution in [0, 0.1) is 6.92 Å². The van der Waals surface area contributed by atoms with E-state index >= 15 is 0 Å². The number of benzene rings is 2. The van der Waals surface area contributed by atoms with Crippen LogP contribution in [0.4, 0.5) is 0 Å². The monoisotopic (exact) mass is 373 g/mol. The van der Waals surface area contributed by atoms with E-state index in [0.29, 0.717) is 13.1 Å². The molecule has 0 radical (unpaired) electrons. The van der Waals surface area contributed by atoms with E-state index < -0.39 is 15.9 Å². The lowest BCUT2D eigenvalue weighted by Crippen LogP contribution is -2.38. The highest BCUT2D eigenvalue weighted by Crippen LogP contribution is 2.10. The zero-order chi connectivity index (χ0) is 18.6. The molecule has 0 bridgehead atoms. The van der Waals surface area contributed by atoms with Gasteiger partial charge >= 0.3 is 0 Å². The van der Waals surface area contributed by atoms with Crippen LogP contribution in [0.1, 0.15) is 5.56 Å². The molecule has 1 amide bonds. The average Bonchev–Trinajstić information content (AvgIpc) is 3.04. The number of hydrogen-bond acceptors (Lipinski definition) is 5. The first-order chi connectivity index (χ1) is 12.5. The lowest BCUT2D eigenvalue weighted by molar-refractivity contribution is -0.120. The predicted octanol–water partition coefficient (Wildman–Crippen LogP) is 0.834. The van der Waals surface area contributed by atoms with Crippen LogP contribution in [0.3, 0.4) is 0 Å². The zero-order valence-corrected chi connectivity index (χ0v) is 15.0. The normalized spacial score (nSPS) is 11.6. The molecule has 0 saturated carbocycles. The van der Waals surface area contributed by atoms with E-state index in [1.54, 1.807) is 16.8 Å². The number of hydrogen-bond donors (Lipinski definition) is 2. The van der Waals surface area contributed by atoms with Gasteiger partial charge in [-0.05, 0) is 31.2 Å². The first-order valence-electron chi connectivity index (χ1n) is 8.07. The van der Waals surface area contributed by atoms with Crippen molar-refractivity contribution in [2.75, 3.05) is 13.1 Å². The van der Waals surface area contributed by atoms with E-state index in [9.17, 15) is 13.2 Å². The van der Waals surface area contributed by atoms with E-state index in [-0.39, 0.29) is 11.4 Å². The second-order valence-electron chi connectivity index (χ2n) is 5.79. The van der Waals surface area contributed by atoms with Gasteiger partial charge < -0.3 is 5.32 Å². The van der Waals surface area contributed by atoms with Crippen molar-refractivity contribution in [1.29, 1.82) is 0 Å². The first-order valence-corrected chi connectivity index (χ1v) is 9.55. The molecule has 136 valence electrons. The van der Waals surface area contributed by atoms with Gasteiger partial charge in [0.1, 0.15) is 5.52 Å². The maximum atomic E-state index is 12.1. The van der Waals surface area contributed by atoms with E-state index in [0.717, 1.165) is 16.6 Å². The van der Waals surface area contributed by atoms with Gasteiger partial charge in [0.05, 0.1) is 23.5 Å². The highest BCUT2D eigenvalue weighted by Gasteiger charge is 2.15. The fourth-order valence-electron chi connectivity index (χ4n) is 2.41. The lowest BCUT2D eigenvalue weighted by Gasteiger charge is -2.08. The van der Waals surface area contributed by atoms with Crippen molar-refractivity contribution in [2.24, 2.45) is 0 Å². The Morgan fingerprint density at radius 1 is 1.12 bits per heavy atom. The summed E-state index contributed by atoms with van der Waals surface area (Å²) in [5.41, 5.74) is 2.62. The van der Waals surface area contributed by atoms with Gasteiger partial charge in [0, 0.05) is 6.54 Å². The Morgan fingerprint density at radius 3 is 2.62 bits per heavy atom. The summed E-state index contributed by atoms with van der Waals surface area (Å²) < 4.78 is 28.3. The van der Waals surface area contributed by atoms with Crippen LogP contribution in [-0.4, -0.2) is 42.4 Å². The Hall–Kier alpha value is -2.78. The largest absolute Gasteiger partial charge is 0.353 e. The van der Waals surface area contributed by atoms with Gasteiger partial charge in [0.25, 0.3) is 0 Å². The Balaban J connectivity index is 1.49. The molecule has 0 aliphatic rings. The van der Waals surface area contributed by atoms with Crippen LogP contribution in [0.2, 0.25) is 0 Å². The summed E-state index contributed by atoms with van der Waals surface area (Å²) in [7, 11) is -3.71. The Kier molecular flexibility index (Phi) is 5.29. The van der Waals surface area contributed by atoms with E-state index in [2.05, 4.69) is 20.4 Å². The van der Waals surface area contributed by atoms with Gasteiger partial charge in [-0.2, -0.15) is 0 Å². The highest BCUT2D eigenvalue weighted by atomic mass is 32.2. The minimum atomic E-state index is -3.71. The molecule has 2 aromatic carbocycles. The van der Waals surface area contributed by atoms with Crippen LogP contribution in [0.15, 0.2) is 53.4 Å². The molecule has 3 rings (SSSR count). The summed E-state index contributed by atoms with van der Waals surface area (Å²) in [5, 5.41) is 10.7. The van der Waals surface area contributed by atoms with Gasteiger partial charge in [-0.1, -0.05) is 35.0 Å². The van der Waals surface area contributed by atoms with Gasteiger partial charge in [0.15, 0.2) is 0 Å². The summed E-state index contributed by atoms with van der Waals surface area (Å²) in [5.74, 6) is -0.412. The third-order valence-corrected chi connectivity index (χ3v) is 5.24. The molecule has 1 heterocycles. The van der Waals surface area contributed by atoms with Crippen molar-refractivity contribution in [1.82, 2.24) is 25.0 Å². The number of aryl methyl sites for hydroxylation is 1. The lowest BCUT2D eigenvalue weighted by atomic mass is 10.2. The number of fused-ring (bicyclic) bond motifs is 1. The zero-order valence-electron chi connectivity index (χ0n) is 14.2. The minimum Gasteiger partial charge on any atom is -0.353 e. The van der Waals surface area contributed by atoms with E-state index in [4.69, 9.17) is 0 Å². The molecular formula is C17H19N5O3S. The molecule has 0 unspecified atom stereocenters. The van der Waals surface area contributed by atoms with Crippen LogP contribution in [0.25, 0.3) is 11.0 Å². The number of nitrogens with zero attached hydrogens (tertiary/aromatic N) is 3. The second kappa shape index (κ2) is 7.63.